The number of thioether (sulfide) groups is 1. The number of aryl methyl sites for hydroxylation is 1. The maximum atomic E-state index is 11.8. The summed E-state index contributed by atoms with van der Waals surface area (Å²) in [4.78, 5) is 16.2. The number of methoxy groups -OCH3 is 1. The summed E-state index contributed by atoms with van der Waals surface area (Å²) >= 11 is 16.6. The Bertz CT molecular complexity index is 1190. The Balaban J connectivity index is 1.84. The van der Waals surface area contributed by atoms with Crippen LogP contribution in [0.25, 0.3) is 6.08 Å². The summed E-state index contributed by atoms with van der Waals surface area (Å²) in [5, 5.41) is 18.0. The fourth-order valence-corrected chi connectivity index (χ4v) is 4.39. The van der Waals surface area contributed by atoms with Crippen molar-refractivity contribution in [2.45, 2.75) is 31.5 Å². The minimum Gasteiger partial charge on any atom is -0.493 e. The highest BCUT2D eigenvalue weighted by molar-refractivity contribution is 9.10. The van der Waals surface area contributed by atoms with E-state index in [-0.39, 0.29) is 11.5 Å². The molecule has 0 amide bonds. The lowest BCUT2D eigenvalue weighted by molar-refractivity contribution is -0.131. The van der Waals surface area contributed by atoms with Crippen molar-refractivity contribution in [2.75, 3.05) is 7.11 Å². The first-order valence-corrected chi connectivity index (χ1v) is 12.2. The molecule has 0 radical (unpaired) electrons. The van der Waals surface area contributed by atoms with Crippen LogP contribution in [-0.4, -0.2) is 33.4 Å². The fraction of sp³-hybridized carbons (Fsp3) is 0.227. The number of H-pyrrole nitrogens is 1. The van der Waals surface area contributed by atoms with Crippen LogP contribution in [-0.2, 0) is 17.8 Å². The van der Waals surface area contributed by atoms with Gasteiger partial charge in [-0.2, -0.15) is 0 Å². The van der Waals surface area contributed by atoms with E-state index in [1.807, 2.05) is 6.92 Å². The third kappa shape index (κ3) is 6.89. The van der Waals surface area contributed by atoms with Crippen molar-refractivity contribution >= 4 is 62.9 Å². The minimum absolute atomic E-state index is 0.0569. The largest absolute Gasteiger partial charge is 0.493 e. The third-order valence-corrected chi connectivity index (χ3v) is 6.53. The molecule has 2 aromatic carbocycles. The molecule has 0 atom stereocenters. The zero-order valence-electron chi connectivity index (χ0n) is 17.7. The van der Waals surface area contributed by atoms with Crippen LogP contribution in [0.15, 0.2) is 44.9 Å². The molecule has 0 aliphatic heterocycles. The first-order valence-electron chi connectivity index (χ1n) is 9.79. The fourth-order valence-electron chi connectivity index (χ4n) is 2.77. The maximum absolute atomic E-state index is 11.8. The average molecular weight is 573 g/mol. The first kappa shape index (κ1) is 25.4. The molecule has 33 heavy (non-hydrogen) atoms. The zero-order valence-corrected chi connectivity index (χ0v) is 21.6. The van der Waals surface area contributed by atoms with Gasteiger partial charge < -0.3 is 14.6 Å². The Morgan fingerprint density at radius 1 is 1.27 bits per heavy atom. The monoisotopic (exact) mass is 571 g/mol. The highest BCUT2D eigenvalue weighted by atomic mass is 79.9. The van der Waals surface area contributed by atoms with Crippen LogP contribution in [0, 0.1) is 0 Å². The number of hydrogen-bond donors (Lipinski definition) is 2. The van der Waals surface area contributed by atoms with Crippen molar-refractivity contribution in [3.63, 3.8) is 0 Å². The van der Waals surface area contributed by atoms with E-state index >= 15 is 0 Å². The van der Waals surface area contributed by atoms with Crippen molar-refractivity contribution in [1.29, 1.82) is 0 Å². The molecule has 0 unspecified atom stereocenters. The highest BCUT2D eigenvalue weighted by Crippen LogP contribution is 2.37. The van der Waals surface area contributed by atoms with Crippen molar-refractivity contribution in [2.24, 2.45) is 0 Å². The predicted octanol–water partition coefficient (Wildman–Crippen LogP) is 6.63. The number of ether oxygens (including phenoxy) is 2. The second-order valence-corrected chi connectivity index (χ2v) is 9.49. The molecule has 0 aliphatic carbocycles. The van der Waals surface area contributed by atoms with Gasteiger partial charge in [0.1, 0.15) is 17.3 Å². The lowest BCUT2D eigenvalue weighted by Crippen LogP contribution is -2.00. The highest BCUT2D eigenvalue weighted by Gasteiger charge is 2.16. The number of aromatic amines is 1. The van der Waals surface area contributed by atoms with Crippen molar-refractivity contribution in [3.05, 3.63) is 66.7 Å². The van der Waals surface area contributed by atoms with Crippen LogP contribution >= 0.6 is 50.9 Å². The SMILES string of the molecule is CCCc1nc(S/C(=C\c2cc(OC)c(OCc3ccc(Cl)cc3Cl)cc2Br)C(=O)O)n[nH]1. The van der Waals surface area contributed by atoms with Crippen molar-refractivity contribution in [1.82, 2.24) is 15.2 Å². The van der Waals surface area contributed by atoms with Crippen LogP contribution < -0.4 is 9.47 Å². The van der Waals surface area contributed by atoms with E-state index in [0.717, 1.165) is 36.0 Å². The van der Waals surface area contributed by atoms with Gasteiger partial charge >= 0.3 is 5.97 Å². The van der Waals surface area contributed by atoms with Gasteiger partial charge in [0.15, 0.2) is 11.5 Å². The summed E-state index contributed by atoms with van der Waals surface area (Å²) in [7, 11) is 1.51. The van der Waals surface area contributed by atoms with E-state index in [2.05, 4.69) is 31.1 Å². The smallest absolute Gasteiger partial charge is 0.342 e. The molecule has 0 spiro atoms. The van der Waals surface area contributed by atoms with Gasteiger partial charge in [0.05, 0.1) is 7.11 Å². The molecule has 2 N–H and O–H groups in total. The molecule has 7 nitrogen and oxygen atoms in total. The van der Waals surface area contributed by atoms with E-state index in [0.29, 0.717) is 36.7 Å². The summed E-state index contributed by atoms with van der Waals surface area (Å²) in [6.07, 6.45) is 3.17. The number of carboxylic acid groups (broad SMARTS) is 1. The van der Waals surface area contributed by atoms with E-state index < -0.39 is 5.97 Å². The lowest BCUT2D eigenvalue weighted by Gasteiger charge is -2.14. The van der Waals surface area contributed by atoms with Gasteiger partial charge in [0, 0.05) is 26.5 Å². The second-order valence-electron chi connectivity index (χ2n) is 6.78. The van der Waals surface area contributed by atoms with Gasteiger partial charge in [-0.3, -0.25) is 5.10 Å². The number of carboxylic acids is 1. The van der Waals surface area contributed by atoms with E-state index in [4.69, 9.17) is 32.7 Å². The number of rotatable bonds is 10. The molecule has 0 saturated carbocycles. The van der Waals surface area contributed by atoms with Crippen LogP contribution in [0.3, 0.4) is 0 Å². The Kier molecular flexibility index (Phi) is 9.08. The summed E-state index contributed by atoms with van der Waals surface area (Å²) < 4.78 is 12.0. The molecule has 0 aliphatic rings. The van der Waals surface area contributed by atoms with Gasteiger partial charge in [0.2, 0.25) is 5.16 Å². The molecular weight excluding hydrogens is 553 g/mol. The number of hydrogen-bond acceptors (Lipinski definition) is 6. The van der Waals surface area contributed by atoms with E-state index in [1.165, 1.54) is 13.2 Å². The number of nitrogens with one attached hydrogen (secondary N) is 1. The van der Waals surface area contributed by atoms with Gasteiger partial charge in [-0.25, -0.2) is 9.78 Å². The molecule has 11 heteroatoms. The van der Waals surface area contributed by atoms with Crippen LogP contribution in [0.2, 0.25) is 10.0 Å². The first-order chi connectivity index (χ1) is 15.8. The van der Waals surface area contributed by atoms with Gasteiger partial charge in [-0.05, 0) is 54.1 Å². The summed E-state index contributed by atoms with van der Waals surface area (Å²) in [6, 6.07) is 8.57. The molecule has 0 bridgehead atoms. The molecule has 174 valence electrons. The zero-order chi connectivity index (χ0) is 24.0. The Labute approximate surface area is 213 Å². The lowest BCUT2D eigenvalue weighted by atomic mass is 10.2. The van der Waals surface area contributed by atoms with E-state index in [9.17, 15) is 9.90 Å². The number of nitrogens with zero attached hydrogens (tertiary/aromatic N) is 2. The summed E-state index contributed by atoms with van der Waals surface area (Å²) in [6.45, 7) is 2.23. The van der Waals surface area contributed by atoms with Crippen molar-refractivity contribution < 1.29 is 19.4 Å². The van der Waals surface area contributed by atoms with Crippen LogP contribution in [0.1, 0.15) is 30.3 Å². The topological polar surface area (TPSA) is 97.3 Å². The molecular formula is C22H20BrCl2N3O4S. The van der Waals surface area contributed by atoms with Crippen molar-refractivity contribution in [3.8, 4) is 11.5 Å². The Morgan fingerprint density at radius 2 is 2.06 bits per heavy atom. The Morgan fingerprint density at radius 3 is 2.73 bits per heavy atom. The minimum atomic E-state index is -1.09. The van der Waals surface area contributed by atoms with Gasteiger partial charge in [-0.15, -0.1) is 5.10 Å². The summed E-state index contributed by atoms with van der Waals surface area (Å²) in [5.41, 5.74) is 1.36. The molecule has 1 aromatic heterocycles. The number of halogens is 3. The Hall–Kier alpha value is -2.20. The molecule has 3 aromatic rings. The standard InChI is InChI=1S/C22H20BrCl2N3O4S/c1-3-4-20-26-22(28-27-20)33-19(21(29)30)8-13-7-17(31-2)18(10-15(13)23)32-11-12-5-6-14(24)9-16(12)25/h5-10H,3-4,11H2,1-2H3,(H,29,30)(H,26,27,28)/b19-8-. The number of carbonyl (C=O) groups is 1. The number of aliphatic carboxylic acids is 1. The van der Waals surface area contributed by atoms with Crippen LogP contribution in [0.4, 0.5) is 0 Å². The van der Waals surface area contributed by atoms with Gasteiger partial charge in [0.25, 0.3) is 0 Å². The quantitative estimate of drug-likeness (QED) is 0.208. The molecule has 0 fully saturated rings. The van der Waals surface area contributed by atoms with Crippen LogP contribution in [0.5, 0.6) is 11.5 Å². The maximum Gasteiger partial charge on any atom is 0.342 e. The molecule has 1 heterocycles. The third-order valence-electron chi connectivity index (χ3n) is 4.38. The normalized spacial score (nSPS) is 11.5. The van der Waals surface area contributed by atoms with Gasteiger partial charge in [-0.1, -0.05) is 52.1 Å². The molecule has 3 rings (SSSR count). The number of aromatic nitrogens is 3. The number of benzene rings is 2. The second kappa shape index (κ2) is 11.8. The summed E-state index contributed by atoms with van der Waals surface area (Å²) in [5.74, 6) is 0.531. The van der Waals surface area contributed by atoms with E-state index in [1.54, 1.807) is 30.3 Å². The predicted molar refractivity (Wildman–Crippen MR) is 133 cm³/mol. The molecule has 0 saturated heterocycles. The average Bonchev–Trinajstić information content (AvgIpc) is 3.21.